The molecule has 0 aliphatic heterocycles. The Balaban J connectivity index is 2.09. The Morgan fingerprint density at radius 1 is 1.33 bits per heavy atom. The molecule has 3 aromatic rings. The van der Waals surface area contributed by atoms with Crippen molar-refractivity contribution in [3.63, 3.8) is 0 Å². The third-order valence-electron chi connectivity index (χ3n) is 3.32. The summed E-state index contributed by atoms with van der Waals surface area (Å²) in [5.41, 5.74) is 8.73. The molecule has 0 spiro atoms. The van der Waals surface area contributed by atoms with E-state index in [1.165, 1.54) is 4.57 Å². The van der Waals surface area contributed by atoms with E-state index >= 15 is 0 Å². The van der Waals surface area contributed by atoms with Gasteiger partial charge in [0.2, 0.25) is 5.89 Å². The fourth-order valence-electron chi connectivity index (χ4n) is 2.18. The lowest BCUT2D eigenvalue weighted by Gasteiger charge is -2.09. The number of anilines is 1. The summed E-state index contributed by atoms with van der Waals surface area (Å²) < 4.78 is 7.95. The summed E-state index contributed by atoms with van der Waals surface area (Å²) >= 11 is 3.43. The Labute approximate surface area is 128 Å². The molecule has 0 amide bonds. The van der Waals surface area contributed by atoms with Gasteiger partial charge in [-0.15, -0.1) is 0 Å². The average Bonchev–Trinajstić information content (AvgIpc) is 2.85. The van der Waals surface area contributed by atoms with Gasteiger partial charge in [-0.05, 0) is 41.9 Å². The summed E-state index contributed by atoms with van der Waals surface area (Å²) in [6.45, 7) is 3.84. The number of halogens is 1. The third-order valence-corrected chi connectivity index (χ3v) is 4.47. The standard InChI is InChI=1S/C14H13BrN4O2/c1-7-12(15)8(2)19(14(20)17-7)6-11-18-13-9(16)4-3-5-10(13)21-11/h3-5H,6,16H2,1-2H3. The lowest BCUT2D eigenvalue weighted by atomic mass is 10.3. The van der Waals surface area contributed by atoms with Crippen molar-refractivity contribution in [1.82, 2.24) is 14.5 Å². The number of aromatic nitrogens is 3. The van der Waals surface area contributed by atoms with Gasteiger partial charge in [-0.25, -0.2) is 9.78 Å². The molecule has 1 aromatic carbocycles. The fourth-order valence-corrected chi connectivity index (χ4v) is 2.48. The van der Waals surface area contributed by atoms with Gasteiger partial charge in [0, 0.05) is 5.69 Å². The SMILES string of the molecule is Cc1nc(=O)n(Cc2nc3c(N)cccc3o2)c(C)c1Br. The molecule has 108 valence electrons. The van der Waals surface area contributed by atoms with Crippen molar-refractivity contribution < 1.29 is 4.42 Å². The van der Waals surface area contributed by atoms with E-state index < -0.39 is 0 Å². The lowest BCUT2D eigenvalue weighted by molar-refractivity contribution is 0.495. The number of nitrogens with zero attached hydrogens (tertiary/aromatic N) is 3. The predicted molar refractivity (Wildman–Crippen MR) is 83.2 cm³/mol. The molecule has 6 nitrogen and oxygen atoms in total. The van der Waals surface area contributed by atoms with E-state index in [-0.39, 0.29) is 12.2 Å². The highest BCUT2D eigenvalue weighted by atomic mass is 79.9. The van der Waals surface area contributed by atoms with Gasteiger partial charge in [0.05, 0.1) is 15.9 Å². The van der Waals surface area contributed by atoms with Crippen LogP contribution in [0.25, 0.3) is 11.1 Å². The molecule has 0 aliphatic rings. The molecule has 2 N–H and O–H groups in total. The van der Waals surface area contributed by atoms with E-state index in [0.29, 0.717) is 28.4 Å². The molecule has 0 atom stereocenters. The van der Waals surface area contributed by atoms with Crippen molar-refractivity contribution in [2.24, 2.45) is 0 Å². The van der Waals surface area contributed by atoms with Crippen molar-refractivity contribution >= 4 is 32.7 Å². The zero-order chi connectivity index (χ0) is 15.1. The predicted octanol–water partition coefficient (Wildman–Crippen LogP) is 2.39. The first-order chi connectivity index (χ1) is 9.97. The van der Waals surface area contributed by atoms with E-state index in [0.717, 1.165) is 10.2 Å². The number of aryl methyl sites for hydroxylation is 1. The van der Waals surface area contributed by atoms with Crippen LogP contribution in [0.5, 0.6) is 0 Å². The summed E-state index contributed by atoms with van der Waals surface area (Å²) in [7, 11) is 0. The second kappa shape index (κ2) is 5.00. The zero-order valence-electron chi connectivity index (χ0n) is 11.6. The van der Waals surface area contributed by atoms with Gasteiger partial charge in [0.1, 0.15) is 12.1 Å². The summed E-state index contributed by atoms with van der Waals surface area (Å²) in [6, 6.07) is 5.35. The van der Waals surface area contributed by atoms with Crippen molar-refractivity contribution in [3.8, 4) is 0 Å². The van der Waals surface area contributed by atoms with Gasteiger partial charge < -0.3 is 10.2 Å². The van der Waals surface area contributed by atoms with Crippen LogP contribution >= 0.6 is 15.9 Å². The quantitative estimate of drug-likeness (QED) is 0.718. The first kappa shape index (κ1) is 13.8. The van der Waals surface area contributed by atoms with Crippen LogP contribution in [0.2, 0.25) is 0 Å². The van der Waals surface area contributed by atoms with E-state index in [4.69, 9.17) is 10.2 Å². The molecule has 7 heteroatoms. The zero-order valence-corrected chi connectivity index (χ0v) is 13.1. The highest BCUT2D eigenvalue weighted by molar-refractivity contribution is 9.10. The molecule has 0 aliphatic carbocycles. The molecule has 2 aromatic heterocycles. The number of benzene rings is 1. The van der Waals surface area contributed by atoms with Crippen molar-refractivity contribution in [2.45, 2.75) is 20.4 Å². The topological polar surface area (TPSA) is 86.9 Å². The number of hydrogen-bond acceptors (Lipinski definition) is 5. The van der Waals surface area contributed by atoms with Gasteiger partial charge in [0.25, 0.3) is 0 Å². The summed E-state index contributed by atoms with van der Waals surface area (Å²) in [6.07, 6.45) is 0. The highest BCUT2D eigenvalue weighted by Gasteiger charge is 2.13. The molecule has 0 bridgehead atoms. The number of nitrogen functional groups attached to an aromatic ring is 1. The fraction of sp³-hybridized carbons (Fsp3) is 0.214. The monoisotopic (exact) mass is 348 g/mol. The number of nitrogens with two attached hydrogens (primary N) is 1. The molecule has 0 radical (unpaired) electrons. The minimum Gasteiger partial charge on any atom is -0.439 e. The molecule has 0 unspecified atom stereocenters. The number of rotatable bonds is 2. The lowest BCUT2D eigenvalue weighted by Crippen LogP contribution is -2.27. The number of para-hydroxylation sites is 1. The highest BCUT2D eigenvalue weighted by Crippen LogP contribution is 2.22. The van der Waals surface area contributed by atoms with E-state index in [2.05, 4.69) is 25.9 Å². The Morgan fingerprint density at radius 2 is 2.10 bits per heavy atom. The Morgan fingerprint density at radius 3 is 2.81 bits per heavy atom. The maximum atomic E-state index is 12.0. The Hall–Kier alpha value is -2.15. The second-order valence-electron chi connectivity index (χ2n) is 4.77. The smallest absolute Gasteiger partial charge is 0.348 e. The van der Waals surface area contributed by atoms with Crippen LogP contribution in [0, 0.1) is 13.8 Å². The molecule has 0 saturated carbocycles. The normalized spacial score (nSPS) is 11.2. The number of fused-ring (bicyclic) bond motifs is 1. The van der Waals surface area contributed by atoms with Crippen LogP contribution in [0.1, 0.15) is 17.3 Å². The van der Waals surface area contributed by atoms with E-state index in [9.17, 15) is 4.79 Å². The summed E-state index contributed by atoms with van der Waals surface area (Å²) in [5.74, 6) is 0.422. The molecule has 0 fully saturated rings. The van der Waals surface area contributed by atoms with Crippen LogP contribution in [-0.4, -0.2) is 14.5 Å². The summed E-state index contributed by atoms with van der Waals surface area (Å²) in [5, 5.41) is 0. The Bertz CT molecular complexity index is 898. The average molecular weight is 349 g/mol. The van der Waals surface area contributed by atoms with Crippen LogP contribution in [0.15, 0.2) is 31.9 Å². The second-order valence-corrected chi connectivity index (χ2v) is 5.56. The molecular formula is C14H13BrN4O2. The van der Waals surface area contributed by atoms with Crippen molar-refractivity contribution in [2.75, 3.05) is 5.73 Å². The first-order valence-electron chi connectivity index (χ1n) is 6.35. The first-order valence-corrected chi connectivity index (χ1v) is 7.14. The van der Waals surface area contributed by atoms with Crippen molar-refractivity contribution in [3.05, 3.63) is 50.4 Å². The molecule has 21 heavy (non-hydrogen) atoms. The van der Waals surface area contributed by atoms with Gasteiger partial charge >= 0.3 is 5.69 Å². The molecule has 2 heterocycles. The minimum atomic E-state index is -0.330. The molecule has 0 saturated heterocycles. The summed E-state index contributed by atoms with van der Waals surface area (Å²) in [4.78, 5) is 20.4. The van der Waals surface area contributed by atoms with Gasteiger partial charge in [0.15, 0.2) is 5.58 Å². The van der Waals surface area contributed by atoms with Crippen LogP contribution in [-0.2, 0) is 6.54 Å². The van der Waals surface area contributed by atoms with Gasteiger partial charge in [-0.2, -0.15) is 4.98 Å². The third kappa shape index (κ3) is 2.33. The largest absolute Gasteiger partial charge is 0.439 e. The van der Waals surface area contributed by atoms with Crippen LogP contribution < -0.4 is 11.4 Å². The molecule has 3 rings (SSSR count). The van der Waals surface area contributed by atoms with E-state index in [1.54, 1.807) is 25.1 Å². The maximum Gasteiger partial charge on any atom is 0.348 e. The van der Waals surface area contributed by atoms with Crippen LogP contribution in [0.4, 0.5) is 5.69 Å². The molecular weight excluding hydrogens is 336 g/mol. The number of hydrogen-bond donors (Lipinski definition) is 1. The van der Waals surface area contributed by atoms with Gasteiger partial charge in [-0.3, -0.25) is 4.57 Å². The maximum absolute atomic E-state index is 12.0. The Kier molecular flexibility index (Phi) is 3.29. The van der Waals surface area contributed by atoms with Gasteiger partial charge in [-0.1, -0.05) is 6.07 Å². The van der Waals surface area contributed by atoms with Crippen molar-refractivity contribution in [1.29, 1.82) is 0 Å². The van der Waals surface area contributed by atoms with E-state index in [1.807, 2.05) is 6.92 Å². The number of oxazole rings is 1. The van der Waals surface area contributed by atoms with Crippen LogP contribution in [0.3, 0.4) is 0 Å². The minimum absolute atomic E-state index is 0.213.